The first-order chi connectivity index (χ1) is 10.2. The van der Waals surface area contributed by atoms with Gasteiger partial charge in [0.2, 0.25) is 0 Å². The Bertz CT molecular complexity index is 478. The summed E-state index contributed by atoms with van der Waals surface area (Å²) in [5, 5.41) is 0.699. The predicted octanol–water partition coefficient (Wildman–Crippen LogP) is 6.63. The zero-order chi connectivity index (χ0) is 15.1. The molecule has 0 aromatic heterocycles. The van der Waals surface area contributed by atoms with Gasteiger partial charge in [0.1, 0.15) is 0 Å². The number of hydrogen-bond acceptors (Lipinski definition) is 0. The van der Waals surface area contributed by atoms with E-state index in [-0.39, 0.29) is 0 Å². The van der Waals surface area contributed by atoms with Crippen molar-refractivity contribution < 1.29 is 0 Å². The molecule has 0 bridgehead atoms. The lowest BCUT2D eigenvalue weighted by molar-refractivity contribution is 0.713. The summed E-state index contributed by atoms with van der Waals surface area (Å²) < 4.78 is 0. The Balaban J connectivity index is 2.46. The fraction of sp³-hybridized carbons (Fsp3) is 0.500. The summed E-state index contributed by atoms with van der Waals surface area (Å²) in [6.07, 6.45) is 27.9. The maximum Gasteiger partial charge on any atom is 0.0140 e. The summed E-state index contributed by atoms with van der Waals surface area (Å²) in [6.45, 7) is 6.22. The van der Waals surface area contributed by atoms with Crippen LogP contribution in [0.1, 0.15) is 51.9 Å². The highest BCUT2D eigenvalue weighted by molar-refractivity contribution is 8.40. The summed E-state index contributed by atoms with van der Waals surface area (Å²) in [5.74, 6) is 0. The zero-order valence-corrected chi connectivity index (χ0v) is 14.5. The molecule has 0 saturated heterocycles. The van der Waals surface area contributed by atoms with Crippen LogP contribution in [-0.2, 0) is 0 Å². The summed E-state index contributed by atoms with van der Waals surface area (Å²) in [5.41, 5.74) is 0. The van der Waals surface area contributed by atoms with Crippen LogP contribution in [0.2, 0.25) is 0 Å². The average Bonchev–Trinajstić information content (AvgIpc) is 2.57. The van der Waals surface area contributed by atoms with Gasteiger partial charge in [0, 0.05) is 5.25 Å². The Morgan fingerprint density at radius 2 is 2.14 bits per heavy atom. The summed E-state index contributed by atoms with van der Waals surface area (Å²) in [4.78, 5) is 3.19. The van der Waals surface area contributed by atoms with Crippen molar-refractivity contribution in [3.05, 3.63) is 58.9 Å². The molecular weight excluding hydrogens is 272 g/mol. The molecule has 0 amide bonds. The van der Waals surface area contributed by atoms with Gasteiger partial charge in [0.15, 0.2) is 0 Å². The van der Waals surface area contributed by atoms with Crippen LogP contribution in [0.4, 0.5) is 0 Å². The molecule has 0 aliphatic heterocycles. The van der Waals surface area contributed by atoms with Gasteiger partial charge in [-0.15, -0.1) is 0 Å². The van der Waals surface area contributed by atoms with Crippen molar-refractivity contribution in [1.82, 2.24) is 0 Å². The molecule has 1 heteroatoms. The second-order valence-electron chi connectivity index (χ2n) is 6.09. The minimum atomic E-state index is -0.940. The largest absolute Gasteiger partial charge is 0.188 e. The first-order valence-electron chi connectivity index (χ1n) is 8.32. The van der Waals surface area contributed by atoms with Crippen LogP contribution < -0.4 is 0 Å². The van der Waals surface area contributed by atoms with Crippen molar-refractivity contribution in [3.8, 4) is 0 Å². The van der Waals surface area contributed by atoms with E-state index < -0.39 is 10.0 Å². The lowest BCUT2D eigenvalue weighted by Crippen LogP contribution is -2.21. The van der Waals surface area contributed by atoms with Crippen molar-refractivity contribution in [2.24, 2.45) is 0 Å². The van der Waals surface area contributed by atoms with E-state index in [1.54, 1.807) is 4.91 Å². The topological polar surface area (TPSA) is 0 Å². The minimum Gasteiger partial charge on any atom is -0.188 e. The molecule has 2 aliphatic rings. The zero-order valence-electron chi connectivity index (χ0n) is 13.7. The molecule has 0 saturated carbocycles. The molecule has 0 radical (unpaired) electrons. The number of allylic oxidation sites excluding steroid dienone is 7. The molecule has 0 spiro atoms. The minimum absolute atomic E-state index is 0.699. The molecule has 0 aromatic carbocycles. The molecule has 2 aliphatic carbocycles. The third kappa shape index (κ3) is 3.63. The molecule has 21 heavy (non-hydrogen) atoms. The van der Waals surface area contributed by atoms with Crippen LogP contribution in [0.25, 0.3) is 0 Å². The Morgan fingerprint density at radius 1 is 1.29 bits per heavy atom. The van der Waals surface area contributed by atoms with E-state index in [4.69, 9.17) is 0 Å². The summed E-state index contributed by atoms with van der Waals surface area (Å²) in [6, 6.07) is 0. The Labute approximate surface area is 132 Å². The van der Waals surface area contributed by atoms with Crippen molar-refractivity contribution in [3.63, 3.8) is 0 Å². The van der Waals surface area contributed by atoms with E-state index in [1.807, 2.05) is 0 Å². The highest BCUT2D eigenvalue weighted by atomic mass is 32.3. The van der Waals surface area contributed by atoms with Gasteiger partial charge in [0.05, 0.1) is 0 Å². The molecule has 2 atom stereocenters. The third-order valence-electron chi connectivity index (χ3n) is 4.75. The van der Waals surface area contributed by atoms with Crippen molar-refractivity contribution in [2.75, 3.05) is 6.26 Å². The average molecular weight is 303 g/mol. The van der Waals surface area contributed by atoms with Gasteiger partial charge in [-0.2, -0.15) is 10.0 Å². The Morgan fingerprint density at radius 3 is 2.71 bits per heavy atom. The van der Waals surface area contributed by atoms with Gasteiger partial charge in [-0.1, -0.05) is 49.1 Å². The van der Waals surface area contributed by atoms with E-state index in [2.05, 4.69) is 62.3 Å². The molecule has 0 aromatic rings. The van der Waals surface area contributed by atoms with Crippen LogP contribution in [0, 0.1) is 0 Å². The second-order valence-corrected chi connectivity index (χ2v) is 9.66. The molecule has 116 valence electrons. The lowest BCUT2D eigenvalue weighted by atomic mass is 10.1. The smallest absolute Gasteiger partial charge is 0.0140 e. The second kappa shape index (κ2) is 7.89. The van der Waals surface area contributed by atoms with E-state index in [0.29, 0.717) is 5.25 Å². The molecule has 0 fully saturated rings. The van der Waals surface area contributed by atoms with Gasteiger partial charge in [-0.05, 0) is 67.9 Å². The molecule has 2 unspecified atom stereocenters. The maximum absolute atomic E-state index is 4.14. The maximum atomic E-state index is 4.14. The first kappa shape index (κ1) is 16.4. The fourth-order valence-corrected chi connectivity index (χ4v) is 7.31. The SMILES string of the molecule is C=C/C(=C\C=C/C)S(C)(C1=CCCCC1)C1C=CCCC1. The number of rotatable bonds is 5. The van der Waals surface area contributed by atoms with Crippen molar-refractivity contribution >= 4 is 10.0 Å². The van der Waals surface area contributed by atoms with E-state index >= 15 is 0 Å². The van der Waals surface area contributed by atoms with E-state index in [0.717, 1.165) is 0 Å². The number of hydrogen-bond donors (Lipinski definition) is 0. The molecule has 0 nitrogen and oxygen atoms in total. The van der Waals surface area contributed by atoms with Crippen LogP contribution in [-0.4, -0.2) is 11.5 Å². The highest BCUT2D eigenvalue weighted by Crippen LogP contribution is 2.66. The normalized spacial score (nSPS) is 28.0. The monoisotopic (exact) mass is 302 g/mol. The van der Waals surface area contributed by atoms with Gasteiger partial charge < -0.3 is 0 Å². The van der Waals surface area contributed by atoms with Gasteiger partial charge in [0.25, 0.3) is 0 Å². The van der Waals surface area contributed by atoms with Crippen LogP contribution in [0.5, 0.6) is 0 Å². The summed E-state index contributed by atoms with van der Waals surface area (Å²) in [7, 11) is -0.940. The molecular formula is C20H30S. The predicted molar refractivity (Wildman–Crippen MR) is 99.9 cm³/mol. The standard InChI is InChI=1S/C20H30S/c1-4-6-13-18(5-2)21(3,19-14-9-7-10-15-19)20-16-11-8-12-17-20/h4-6,9,13-14,16,19H,2,7-8,10-12,15,17H2,1,3H3/b6-4-,18-13+. The molecule has 0 N–H and O–H groups in total. The van der Waals surface area contributed by atoms with Crippen molar-refractivity contribution in [1.29, 1.82) is 0 Å². The van der Waals surface area contributed by atoms with Gasteiger partial charge in [-0.3, -0.25) is 0 Å². The first-order valence-corrected chi connectivity index (χ1v) is 10.4. The summed E-state index contributed by atoms with van der Waals surface area (Å²) >= 11 is 0. The van der Waals surface area contributed by atoms with Crippen LogP contribution in [0.3, 0.4) is 0 Å². The molecule has 0 heterocycles. The van der Waals surface area contributed by atoms with Crippen LogP contribution in [0.15, 0.2) is 58.9 Å². The van der Waals surface area contributed by atoms with E-state index in [1.165, 1.54) is 49.9 Å². The van der Waals surface area contributed by atoms with Crippen LogP contribution >= 0.6 is 10.0 Å². The molecule has 2 rings (SSSR count). The Kier molecular flexibility index (Phi) is 6.17. The van der Waals surface area contributed by atoms with Gasteiger partial charge in [-0.25, -0.2) is 0 Å². The quantitative estimate of drug-likeness (QED) is 0.395. The Hall–Kier alpha value is -0.950. The van der Waals surface area contributed by atoms with Gasteiger partial charge >= 0.3 is 0 Å². The third-order valence-corrected chi connectivity index (χ3v) is 9.10. The van der Waals surface area contributed by atoms with Crippen molar-refractivity contribution in [2.45, 2.75) is 57.1 Å². The van der Waals surface area contributed by atoms with E-state index in [9.17, 15) is 0 Å². The fourth-order valence-electron chi connectivity index (χ4n) is 3.46. The highest BCUT2D eigenvalue weighted by Gasteiger charge is 2.34. The lowest BCUT2D eigenvalue weighted by Gasteiger charge is -2.47.